The van der Waals surface area contributed by atoms with Gasteiger partial charge in [-0.05, 0) is 42.7 Å². The van der Waals surface area contributed by atoms with Crippen molar-refractivity contribution in [1.82, 2.24) is 0 Å². The molecule has 2 unspecified atom stereocenters. The highest BCUT2D eigenvalue weighted by Crippen LogP contribution is 2.40. The standard InChI is InChI=1S/C17H24N2O/c1-12-10-17(2,3)8-7-14(12)19-15-6-5-13(11-18)9-16(15)20-4/h5-6,9,12,14,19H,7-8,10H2,1-4H3. The average molecular weight is 272 g/mol. The van der Waals surface area contributed by atoms with Crippen molar-refractivity contribution in [2.75, 3.05) is 12.4 Å². The summed E-state index contributed by atoms with van der Waals surface area (Å²) in [6, 6.07) is 8.20. The highest BCUT2D eigenvalue weighted by molar-refractivity contribution is 5.60. The molecule has 1 aliphatic carbocycles. The largest absolute Gasteiger partial charge is 0.495 e. The quantitative estimate of drug-likeness (QED) is 0.897. The first-order chi connectivity index (χ1) is 9.45. The Morgan fingerprint density at radius 3 is 2.75 bits per heavy atom. The second kappa shape index (κ2) is 5.75. The first kappa shape index (κ1) is 14.7. The van der Waals surface area contributed by atoms with Crippen molar-refractivity contribution in [2.24, 2.45) is 11.3 Å². The van der Waals surface area contributed by atoms with E-state index in [1.807, 2.05) is 12.1 Å². The highest BCUT2D eigenvalue weighted by Gasteiger charge is 2.32. The molecule has 3 heteroatoms. The van der Waals surface area contributed by atoms with Crippen LogP contribution in [0.4, 0.5) is 5.69 Å². The van der Waals surface area contributed by atoms with Gasteiger partial charge in [-0.1, -0.05) is 20.8 Å². The van der Waals surface area contributed by atoms with Gasteiger partial charge in [0.25, 0.3) is 0 Å². The summed E-state index contributed by atoms with van der Waals surface area (Å²) in [7, 11) is 1.65. The van der Waals surface area contributed by atoms with Crippen LogP contribution in [0.5, 0.6) is 5.75 Å². The van der Waals surface area contributed by atoms with Crippen LogP contribution < -0.4 is 10.1 Å². The number of rotatable bonds is 3. The maximum atomic E-state index is 8.94. The van der Waals surface area contributed by atoms with Crippen molar-refractivity contribution in [2.45, 2.75) is 46.1 Å². The molecule has 1 saturated carbocycles. The fourth-order valence-corrected chi connectivity index (χ4v) is 3.24. The van der Waals surface area contributed by atoms with Crippen LogP contribution >= 0.6 is 0 Å². The summed E-state index contributed by atoms with van der Waals surface area (Å²) in [6.07, 6.45) is 3.66. The van der Waals surface area contributed by atoms with Gasteiger partial charge in [0.05, 0.1) is 24.4 Å². The van der Waals surface area contributed by atoms with Crippen LogP contribution in [0.15, 0.2) is 18.2 Å². The molecule has 0 radical (unpaired) electrons. The van der Waals surface area contributed by atoms with E-state index in [-0.39, 0.29) is 0 Å². The molecule has 0 bridgehead atoms. The van der Waals surface area contributed by atoms with E-state index in [0.717, 1.165) is 11.4 Å². The van der Waals surface area contributed by atoms with Gasteiger partial charge in [-0.3, -0.25) is 0 Å². The van der Waals surface area contributed by atoms with Gasteiger partial charge in [0.1, 0.15) is 5.75 Å². The lowest BCUT2D eigenvalue weighted by atomic mass is 9.70. The van der Waals surface area contributed by atoms with Crippen LogP contribution in [0.25, 0.3) is 0 Å². The van der Waals surface area contributed by atoms with Gasteiger partial charge in [0, 0.05) is 12.1 Å². The molecule has 0 spiro atoms. The zero-order valence-corrected chi connectivity index (χ0v) is 12.9. The minimum absolute atomic E-state index is 0.451. The molecule has 1 N–H and O–H groups in total. The summed E-state index contributed by atoms with van der Waals surface area (Å²) in [5.74, 6) is 1.39. The van der Waals surface area contributed by atoms with Gasteiger partial charge in [0.15, 0.2) is 0 Å². The molecule has 0 amide bonds. The first-order valence-electron chi connectivity index (χ1n) is 7.30. The van der Waals surface area contributed by atoms with E-state index in [1.54, 1.807) is 13.2 Å². The Balaban J connectivity index is 2.13. The van der Waals surface area contributed by atoms with Gasteiger partial charge in [0.2, 0.25) is 0 Å². The second-order valence-corrected chi connectivity index (χ2v) is 6.66. The fraction of sp³-hybridized carbons (Fsp3) is 0.588. The predicted molar refractivity (Wildman–Crippen MR) is 81.9 cm³/mol. The van der Waals surface area contributed by atoms with Gasteiger partial charge < -0.3 is 10.1 Å². The molecule has 0 heterocycles. The fourth-order valence-electron chi connectivity index (χ4n) is 3.24. The Kier molecular flexibility index (Phi) is 4.23. The molecule has 0 aromatic heterocycles. The van der Waals surface area contributed by atoms with E-state index in [0.29, 0.717) is 22.9 Å². The van der Waals surface area contributed by atoms with Crippen LogP contribution in [0.3, 0.4) is 0 Å². The van der Waals surface area contributed by atoms with Gasteiger partial charge in [-0.15, -0.1) is 0 Å². The van der Waals surface area contributed by atoms with E-state index in [2.05, 4.69) is 32.2 Å². The number of ether oxygens (including phenoxy) is 1. The molecular weight excluding hydrogens is 248 g/mol. The van der Waals surface area contributed by atoms with Crippen molar-refractivity contribution in [3.8, 4) is 11.8 Å². The predicted octanol–water partition coefficient (Wildman–Crippen LogP) is 4.19. The van der Waals surface area contributed by atoms with E-state index in [9.17, 15) is 0 Å². The summed E-state index contributed by atoms with van der Waals surface area (Å²) < 4.78 is 5.39. The van der Waals surface area contributed by atoms with Gasteiger partial charge >= 0.3 is 0 Å². The number of hydrogen-bond donors (Lipinski definition) is 1. The number of hydrogen-bond acceptors (Lipinski definition) is 3. The lowest BCUT2D eigenvalue weighted by Crippen LogP contribution is -2.36. The summed E-state index contributed by atoms with van der Waals surface area (Å²) >= 11 is 0. The van der Waals surface area contributed by atoms with Gasteiger partial charge in [-0.2, -0.15) is 5.26 Å². The molecule has 2 atom stereocenters. The maximum absolute atomic E-state index is 8.94. The molecule has 1 fully saturated rings. The lowest BCUT2D eigenvalue weighted by molar-refractivity contribution is 0.177. The smallest absolute Gasteiger partial charge is 0.143 e. The molecule has 108 valence electrons. The van der Waals surface area contributed by atoms with Gasteiger partial charge in [-0.25, -0.2) is 0 Å². The number of benzene rings is 1. The zero-order valence-electron chi connectivity index (χ0n) is 12.9. The molecule has 1 aliphatic rings. The Bertz CT molecular complexity index is 516. The molecular formula is C17H24N2O. The minimum Gasteiger partial charge on any atom is -0.495 e. The Morgan fingerprint density at radius 1 is 1.40 bits per heavy atom. The van der Waals surface area contributed by atoms with E-state index >= 15 is 0 Å². The number of methoxy groups -OCH3 is 1. The van der Waals surface area contributed by atoms with Crippen molar-refractivity contribution in [1.29, 1.82) is 5.26 Å². The third kappa shape index (κ3) is 3.25. The normalized spacial score (nSPS) is 24.8. The first-order valence-corrected chi connectivity index (χ1v) is 7.30. The van der Waals surface area contributed by atoms with Crippen molar-refractivity contribution in [3.63, 3.8) is 0 Å². The van der Waals surface area contributed by atoms with Crippen molar-refractivity contribution >= 4 is 5.69 Å². The summed E-state index contributed by atoms with van der Waals surface area (Å²) in [5.41, 5.74) is 2.07. The summed E-state index contributed by atoms with van der Waals surface area (Å²) in [6.45, 7) is 7.01. The average Bonchev–Trinajstić information content (AvgIpc) is 2.41. The molecule has 0 aliphatic heterocycles. The lowest BCUT2D eigenvalue weighted by Gasteiger charge is -2.40. The monoisotopic (exact) mass is 272 g/mol. The number of anilines is 1. The highest BCUT2D eigenvalue weighted by atomic mass is 16.5. The third-order valence-corrected chi connectivity index (χ3v) is 4.37. The number of nitriles is 1. The SMILES string of the molecule is COc1cc(C#N)ccc1NC1CCC(C)(C)CC1C. The van der Waals surface area contributed by atoms with E-state index in [4.69, 9.17) is 10.00 Å². The van der Waals surface area contributed by atoms with Crippen molar-refractivity contribution < 1.29 is 4.74 Å². The van der Waals surface area contributed by atoms with E-state index < -0.39 is 0 Å². The van der Waals surface area contributed by atoms with Crippen LogP contribution in [0.2, 0.25) is 0 Å². The van der Waals surface area contributed by atoms with Crippen LogP contribution in [0, 0.1) is 22.7 Å². The minimum atomic E-state index is 0.451. The molecule has 0 saturated heterocycles. The molecule has 20 heavy (non-hydrogen) atoms. The van der Waals surface area contributed by atoms with Crippen LogP contribution in [-0.4, -0.2) is 13.2 Å². The van der Waals surface area contributed by atoms with Crippen LogP contribution in [0.1, 0.15) is 45.6 Å². The number of nitrogens with one attached hydrogen (secondary N) is 1. The summed E-state index contributed by atoms with van der Waals surface area (Å²) in [5, 5.41) is 12.5. The number of nitrogens with zero attached hydrogens (tertiary/aromatic N) is 1. The molecule has 1 aromatic carbocycles. The molecule has 1 aromatic rings. The van der Waals surface area contributed by atoms with Crippen molar-refractivity contribution in [3.05, 3.63) is 23.8 Å². The Labute approximate surface area is 121 Å². The Hall–Kier alpha value is -1.69. The molecule has 2 rings (SSSR count). The second-order valence-electron chi connectivity index (χ2n) is 6.66. The summed E-state index contributed by atoms with van der Waals surface area (Å²) in [4.78, 5) is 0. The topological polar surface area (TPSA) is 45.0 Å². The zero-order chi connectivity index (χ0) is 14.8. The molecule has 3 nitrogen and oxygen atoms in total. The van der Waals surface area contributed by atoms with Crippen LogP contribution in [-0.2, 0) is 0 Å². The third-order valence-electron chi connectivity index (χ3n) is 4.37. The maximum Gasteiger partial charge on any atom is 0.143 e. The van der Waals surface area contributed by atoms with E-state index in [1.165, 1.54) is 19.3 Å². The Morgan fingerprint density at radius 2 is 2.15 bits per heavy atom.